The summed E-state index contributed by atoms with van der Waals surface area (Å²) in [4.78, 5) is 27.0. The number of nitrogens with one attached hydrogen (secondary N) is 2. The van der Waals surface area contributed by atoms with Gasteiger partial charge in [-0.2, -0.15) is 0 Å². The van der Waals surface area contributed by atoms with Gasteiger partial charge in [-0.25, -0.2) is 0 Å². The second kappa shape index (κ2) is 5.66. The molecule has 2 N–H and O–H groups in total. The van der Waals surface area contributed by atoms with Crippen LogP contribution in [0.25, 0.3) is 0 Å². The Kier molecular flexibility index (Phi) is 3.87. The van der Waals surface area contributed by atoms with Crippen LogP contribution in [0.15, 0.2) is 10.9 Å². The zero-order valence-electron chi connectivity index (χ0n) is 12.9. The quantitative estimate of drug-likeness (QED) is 0.898. The number of aromatic amines is 1. The zero-order valence-corrected chi connectivity index (χ0v) is 12.9. The first-order chi connectivity index (χ1) is 10.1. The Morgan fingerprint density at radius 2 is 2.10 bits per heavy atom. The van der Waals surface area contributed by atoms with Crippen LogP contribution in [-0.4, -0.2) is 17.4 Å². The number of carbonyl (C=O) groups excluding carboxylic acids is 1. The van der Waals surface area contributed by atoms with Crippen molar-refractivity contribution in [3.05, 3.63) is 33.2 Å². The van der Waals surface area contributed by atoms with Crippen molar-refractivity contribution in [2.24, 2.45) is 17.8 Å². The van der Waals surface area contributed by atoms with E-state index in [9.17, 15) is 9.59 Å². The first-order valence-electron chi connectivity index (χ1n) is 8.05. The molecule has 21 heavy (non-hydrogen) atoms. The molecule has 4 heteroatoms. The van der Waals surface area contributed by atoms with E-state index in [4.69, 9.17) is 0 Å². The average Bonchev–Trinajstić information content (AvgIpc) is 2.98. The van der Waals surface area contributed by atoms with Gasteiger partial charge in [0.25, 0.3) is 11.5 Å². The molecule has 0 saturated heterocycles. The number of H-pyrrole nitrogens is 1. The smallest absolute Gasteiger partial charge is 0.261 e. The fourth-order valence-corrected chi connectivity index (χ4v) is 4.39. The van der Waals surface area contributed by atoms with Crippen molar-refractivity contribution in [3.63, 3.8) is 0 Å². The van der Waals surface area contributed by atoms with E-state index in [0.29, 0.717) is 12.5 Å². The standard InChI is InChI=1S/C17H24N2O2/c1-10-8-11(2)19-17(21)15(10)16(20)18-9-13-7-6-12-4-3-5-14(12)13/h8,12-14H,3-7,9H2,1-2H3,(H,18,20)(H,19,21)/t12-,13+,14-/m0/s1. The summed E-state index contributed by atoms with van der Waals surface area (Å²) in [5, 5.41) is 3.00. The van der Waals surface area contributed by atoms with Crippen molar-refractivity contribution in [1.29, 1.82) is 0 Å². The van der Waals surface area contributed by atoms with Gasteiger partial charge in [-0.3, -0.25) is 9.59 Å². The molecule has 0 bridgehead atoms. The predicted molar refractivity (Wildman–Crippen MR) is 82.4 cm³/mol. The van der Waals surface area contributed by atoms with E-state index in [0.717, 1.165) is 23.1 Å². The number of fused-ring (bicyclic) bond motifs is 1. The summed E-state index contributed by atoms with van der Waals surface area (Å²) in [5.41, 5.74) is 1.52. The van der Waals surface area contributed by atoms with Crippen LogP contribution < -0.4 is 10.9 Å². The third-order valence-electron chi connectivity index (χ3n) is 5.35. The highest BCUT2D eigenvalue weighted by Gasteiger charge is 2.38. The van der Waals surface area contributed by atoms with Gasteiger partial charge in [0, 0.05) is 12.2 Å². The van der Waals surface area contributed by atoms with Crippen LogP contribution in [-0.2, 0) is 0 Å². The van der Waals surface area contributed by atoms with Gasteiger partial charge in [-0.15, -0.1) is 0 Å². The molecule has 0 aromatic carbocycles. The number of carbonyl (C=O) groups is 1. The minimum Gasteiger partial charge on any atom is -0.352 e. The normalized spacial score (nSPS) is 27.6. The van der Waals surface area contributed by atoms with Crippen molar-refractivity contribution >= 4 is 5.91 Å². The molecule has 1 amide bonds. The molecule has 0 aliphatic heterocycles. The molecular weight excluding hydrogens is 264 g/mol. The monoisotopic (exact) mass is 288 g/mol. The second-order valence-corrected chi connectivity index (χ2v) is 6.74. The molecule has 1 heterocycles. The van der Waals surface area contributed by atoms with E-state index in [2.05, 4.69) is 10.3 Å². The summed E-state index contributed by atoms with van der Waals surface area (Å²) in [6.07, 6.45) is 6.56. The van der Waals surface area contributed by atoms with E-state index < -0.39 is 0 Å². The second-order valence-electron chi connectivity index (χ2n) is 6.74. The number of rotatable bonds is 3. The van der Waals surface area contributed by atoms with Crippen molar-refractivity contribution in [3.8, 4) is 0 Å². The van der Waals surface area contributed by atoms with Crippen molar-refractivity contribution in [2.75, 3.05) is 6.54 Å². The summed E-state index contributed by atoms with van der Waals surface area (Å²) in [7, 11) is 0. The molecule has 0 spiro atoms. The van der Waals surface area contributed by atoms with Crippen molar-refractivity contribution in [2.45, 2.75) is 46.0 Å². The summed E-state index contributed by atoms with van der Waals surface area (Å²) in [6, 6.07) is 1.85. The Labute approximate surface area is 125 Å². The first-order valence-corrected chi connectivity index (χ1v) is 8.05. The van der Waals surface area contributed by atoms with Gasteiger partial charge in [0.05, 0.1) is 0 Å². The van der Waals surface area contributed by atoms with E-state index in [1.54, 1.807) is 0 Å². The molecular formula is C17H24N2O2. The number of amides is 1. The summed E-state index contributed by atoms with van der Waals surface area (Å²) < 4.78 is 0. The molecule has 2 fully saturated rings. The Hall–Kier alpha value is -1.58. The highest BCUT2D eigenvalue weighted by atomic mass is 16.2. The van der Waals surface area contributed by atoms with Crippen LogP contribution in [0.5, 0.6) is 0 Å². The number of hydrogen-bond donors (Lipinski definition) is 2. The van der Waals surface area contributed by atoms with Crippen molar-refractivity contribution in [1.82, 2.24) is 10.3 Å². The highest BCUT2D eigenvalue weighted by molar-refractivity contribution is 5.95. The Morgan fingerprint density at radius 3 is 2.86 bits per heavy atom. The molecule has 2 aliphatic carbocycles. The number of pyridine rings is 1. The minimum absolute atomic E-state index is 0.227. The molecule has 1 aromatic heterocycles. The van der Waals surface area contributed by atoms with Crippen LogP contribution in [0, 0.1) is 31.6 Å². The molecule has 1 aromatic rings. The van der Waals surface area contributed by atoms with E-state index >= 15 is 0 Å². The van der Waals surface area contributed by atoms with Crippen LogP contribution in [0.1, 0.15) is 53.7 Å². The van der Waals surface area contributed by atoms with E-state index in [1.165, 1.54) is 32.1 Å². The number of aromatic nitrogens is 1. The van der Waals surface area contributed by atoms with E-state index in [1.807, 2.05) is 19.9 Å². The molecule has 2 saturated carbocycles. The van der Waals surface area contributed by atoms with Crippen LogP contribution >= 0.6 is 0 Å². The van der Waals surface area contributed by atoms with Gasteiger partial charge in [-0.1, -0.05) is 12.8 Å². The topological polar surface area (TPSA) is 62.0 Å². The molecule has 0 radical (unpaired) electrons. The summed E-state index contributed by atoms with van der Waals surface area (Å²) in [5.74, 6) is 2.06. The Bertz CT molecular complexity index is 605. The number of hydrogen-bond acceptors (Lipinski definition) is 2. The Balaban J connectivity index is 1.66. The Morgan fingerprint density at radius 1 is 1.29 bits per heavy atom. The lowest BCUT2D eigenvalue weighted by Crippen LogP contribution is -2.35. The lowest BCUT2D eigenvalue weighted by molar-refractivity contribution is 0.0941. The fourth-order valence-electron chi connectivity index (χ4n) is 4.39. The molecule has 4 nitrogen and oxygen atoms in total. The number of aryl methyl sites for hydroxylation is 2. The van der Waals surface area contributed by atoms with Gasteiger partial charge >= 0.3 is 0 Å². The molecule has 114 valence electrons. The van der Waals surface area contributed by atoms with Gasteiger partial charge in [0.15, 0.2) is 0 Å². The minimum atomic E-state index is -0.282. The maximum absolute atomic E-state index is 12.3. The van der Waals surface area contributed by atoms with E-state index in [-0.39, 0.29) is 17.0 Å². The maximum Gasteiger partial charge on any atom is 0.261 e. The SMILES string of the molecule is Cc1cc(C)c(C(=O)NC[C@H]2CC[C@@H]3CCC[C@@H]32)c(=O)[nH]1. The lowest BCUT2D eigenvalue weighted by atomic mass is 9.92. The van der Waals surface area contributed by atoms with Crippen LogP contribution in [0.3, 0.4) is 0 Å². The maximum atomic E-state index is 12.3. The van der Waals surface area contributed by atoms with Gasteiger partial charge in [0.2, 0.25) is 0 Å². The molecule has 2 aliphatic rings. The third-order valence-corrected chi connectivity index (χ3v) is 5.35. The first kappa shape index (κ1) is 14.4. The molecule has 3 atom stereocenters. The summed E-state index contributed by atoms with van der Waals surface area (Å²) in [6.45, 7) is 4.36. The molecule has 3 rings (SSSR count). The van der Waals surface area contributed by atoms with Gasteiger partial charge in [0.1, 0.15) is 5.56 Å². The third kappa shape index (κ3) is 2.76. The average molecular weight is 288 g/mol. The predicted octanol–water partition coefficient (Wildman–Crippen LogP) is 2.55. The van der Waals surface area contributed by atoms with Crippen LogP contribution in [0.4, 0.5) is 0 Å². The van der Waals surface area contributed by atoms with Crippen LogP contribution in [0.2, 0.25) is 0 Å². The van der Waals surface area contributed by atoms with Gasteiger partial charge in [-0.05, 0) is 62.5 Å². The zero-order chi connectivity index (χ0) is 15.0. The highest BCUT2D eigenvalue weighted by Crippen LogP contribution is 2.47. The molecule has 0 unspecified atom stereocenters. The largest absolute Gasteiger partial charge is 0.352 e. The summed E-state index contributed by atoms with van der Waals surface area (Å²) >= 11 is 0. The lowest BCUT2D eigenvalue weighted by Gasteiger charge is -2.19. The fraction of sp³-hybridized carbons (Fsp3) is 0.647. The van der Waals surface area contributed by atoms with Gasteiger partial charge < -0.3 is 10.3 Å². The van der Waals surface area contributed by atoms with Crippen molar-refractivity contribution < 1.29 is 4.79 Å².